The first-order chi connectivity index (χ1) is 16.5. The van der Waals surface area contributed by atoms with Crippen molar-refractivity contribution in [1.82, 2.24) is 0 Å². The number of Topliss-reactive ketones (excluding diaryl/α,β-unsaturated/α-hetero) is 1. The van der Waals surface area contributed by atoms with Crippen LogP contribution in [-0.2, 0) is 20.7 Å². The third-order valence-corrected chi connectivity index (χ3v) is 7.17. The van der Waals surface area contributed by atoms with Gasteiger partial charge in [-0.25, -0.2) is 0 Å². The highest BCUT2D eigenvalue weighted by Crippen LogP contribution is 2.51. The van der Waals surface area contributed by atoms with Crippen molar-refractivity contribution in [3.8, 4) is 11.5 Å². The number of hydrogen-bond donors (Lipinski definition) is 5. The van der Waals surface area contributed by atoms with E-state index in [-0.39, 0.29) is 59.3 Å². The van der Waals surface area contributed by atoms with E-state index in [2.05, 4.69) is 0 Å². The smallest absolute Gasteiger partial charge is 0.198 e. The van der Waals surface area contributed by atoms with Crippen molar-refractivity contribution in [3.05, 3.63) is 57.6 Å². The number of benzene rings is 2. The first-order valence-corrected chi connectivity index (χ1v) is 11.3. The molecular formula is C25H25NO9. The second-order valence-electron chi connectivity index (χ2n) is 9.39. The molecule has 6 N–H and O–H groups in total. The van der Waals surface area contributed by atoms with E-state index in [1.54, 1.807) is 12.1 Å². The number of ether oxygens (including phenoxy) is 2. The lowest BCUT2D eigenvalue weighted by Crippen LogP contribution is -2.53. The number of ketones is 3. The van der Waals surface area contributed by atoms with E-state index in [4.69, 9.17) is 15.2 Å². The van der Waals surface area contributed by atoms with Crippen LogP contribution >= 0.6 is 0 Å². The number of aromatic hydroxyl groups is 2. The fourth-order valence-electron chi connectivity index (χ4n) is 5.13. The summed E-state index contributed by atoms with van der Waals surface area (Å²) in [6.07, 6.45) is -4.74. The molecule has 5 rings (SSSR count). The molecule has 1 heterocycles. The van der Waals surface area contributed by atoms with Gasteiger partial charge in [-0.3, -0.25) is 14.4 Å². The minimum atomic E-state index is -1.50. The predicted octanol–water partition coefficient (Wildman–Crippen LogP) is 0.632. The number of fused-ring (bicyclic) bond motifs is 3. The van der Waals surface area contributed by atoms with Gasteiger partial charge in [-0.1, -0.05) is 24.3 Å². The second-order valence-corrected chi connectivity index (χ2v) is 9.39. The van der Waals surface area contributed by atoms with Crippen LogP contribution in [0.1, 0.15) is 68.8 Å². The molecule has 0 radical (unpaired) electrons. The molecule has 0 unspecified atom stereocenters. The van der Waals surface area contributed by atoms with Crippen LogP contribution < -0.4 is 5.73 Å². The largest absolute Gasteiger partial charge is 0.507 e. The highest BCUT2D eigenvalue weighted by atomic mass is 16.7. The van der Waals surface area contributed by atoms with E-state index in [0.717, 1.165) is 0 Å². The topological polar surface area (TPSA) is 177 Å². The Morgan fingerprint density at radius 1 is 1.06 bits per heavy atom. The maximum absolute atomic E-state index is 13.3. The van der Waals surface area contributed by atoms with Gasteiger partial charge in [0.2, 0.25) is 0 Å². The minimum absolute atomic E-state index is 0.0344. The zero-order valence-electron chi connectivity index (χ0n) is 18.9. The highest BCUT2D eigenvalue weighted by molar-refractivity contribution is 6.30. The Labute approximate surface area is 199 Å². The number of carbonyl (C=O) groups excluding carboxylic acids is 3. The monoisotopic (exact) mass is 483 g/mol. The molecule has 1 aliphatic heterocycles. The molecule has 10 heteroatoms. The van der Waals surface area contributed by atoms with Crippen molar-refractivity contribution in [2.45, 2.75) is 56.3 Å². The second kappa shape index (κ2) is 8.21. The molecule has 3 aliphatic rings. The summed E-state index contributed by atoms with van der Waals surface area (Å²) in [7, 11) is 0. The number of hydrogen-bond acceptors (Lipinski definition) is 10. The number of phenols is 2. The lowest BCUT2D eigenvalue weighted by molar-refractivity contribution is -0.238. The number of carbonyl (C=O) groups is 3. The molecule has 0 amide bonds. The molecule has 5 atom stereocenters. The standard InChI is InChI=1S/C25H25NO9/c1-10(27)25(26)7-13-18(16(8-25)35-17-6-14(28)15(29)9-34-17)24(33)20-19(23(13)32)21(30)11-4-2-3-5-12(11)22(20)31/h2-5,14-17,28-29,32-33H,6-9,26H2,1H3/t14-,15+,16-,17-,25+/m1/s1. The summed E-state index contributed by atoms with van der Waals surface area (Å²) in [4.78, 5) is 39.0. The van der Waals surface area contributed by atoms with E-state index in [1.807, 2.05) is 0 Å². The van der Waals surface area contributed by atoms with Gasteiger partial charge < -0.3 is 35.6 Å². The average Bonchev–Trinajstić information content (AvgIpc) is 2.82. The molecule has 10 nitrogen and oxygen atoms in total. The van der Waals surface area contributed by atoms with Gasteiger partial charge in [0.15, 0.2) is 17.9 Å². The van der Waals surface area contributed by atoms with E-state index in [9.17, 15) is 34.8 Å². The predicted molar refractivity (Wildman–Crippen MR) is 119 cm³/mol. The molecule has 0 aromatic heterocycles. The Hall–Kier alpha value is -3.15. The van der Waals surface area contributed by atoms with Gasteiger partial charge in [0.05, 0.1) is 35.5 Å². The van der Waals surface area contributed by atoms with E-state index >= 15 is 0 Å². The molecular weight excluding hydrogens is 458 g/mol. The van der Waals surface area contributed by atoms with E-state index in [0.29, 0.717) is 0 Å². The fraction of sp³-hybridized carbons (Fsp3) is 0.400. The van der Waals surface area contributed by atoms with Gasteiger partial charge in [0.25, 0.3) is 0 Å². The van der Waals surface area contributed by atoms with Gasteiger partial charge in [-0.15, -0.1) is 0 Å². The molecule has 0 saturated carbocycles. The molecule has 1 fully saturated rings. The van der Waals surface area contributed by atoms with Crippen molar-refractivity contribution in [1.29, 1.82) is 0 Å². The quantitative estimate of drug-likeness (QED) is 0.332. The number of rotatable bonds is 3. The molecule has 0 spiro atoms. The fourth-order valence-corrected chi connectivity index (χ4v) is 5.13. The van der Waals surface area contributed by atoms with Crippen LogP contribution in [0.2, 0.25) is 0 Å². The molecule has 35 heavy (non-hydrogen) atoms. The Morgan fingerprint density at radius 3 is 2.23 bits per heavy atom. The maximum Gasteiger partial charge on any atom is 0.198 e. The molecule has 2 aromatic rings. The first-order valence-electron chi connectivity index (χ1n) is 11.3. The molecule has 184 valence electrons. The van der Waals surface area contributed by atoms with Gasteiger partial charge in [0, 0.05) is 41.5 Å². The Kier molecular flexibility index (Phi) is 5.53. The van der Waals surface area contributed by atoms with Gasteiger partial charge in [0.1, 0.15) is 23.4 Å². The lowest BCUT2D eigenvalue weighted by Gasteiger charge is -2.41. The van der Waals surface area contributed by atoms with Crippen molar-refractivity contribution >= 4 is 17.3 Å². The van der Waals surface area contributed by atoms with Crippen LogP contribution in [0.5, 0.6) is 11.5 Å². The SMILES string of the molecule is CC(=O)[C@]1(N)Cc2c(O)c3c(c(O)c2[C@H](O[C@@H]2C[C@@H](O)[C@@H](O)CO2)C1)C(=O)c1ccccc1C3=O. The third kappa shape index (κ3) is 3.57. The number of aliphatic hydroxyl groups is 2. The van der Waals surface area contributed by atoms with Crippen molar-refractivity contribution in [3.63, 3.8) is 0 Å². The van der Waals surface area contributed by atoms with Crippen molar-refractivity contribution in [2.24, 2.45) is 5.73 Å². The Bertz CT molecular complexity index is 1270. The van der Waals surface area contributed by atoms with Gasteiger partial charge >= 0.3 is 0 Å². The van der Waals surface area contributed by atoms with Crippen molar-refractivity contribution < 1.29 is 44.3 Å². The molecule has 2 aliphatic carbocycles. The van der Waals surface area contributed by atoms with Gasteiger partial charge in [-0.05, 0) is 6.92 Å². The van der Waals surface area contributed by atoms with E-state index < -0.39 is 59.0 Å². The van der Waals surface area contributed by atoms with Crippen LogP contribution in [0, 0.1) is 0 Å². The average molecular weight is 483 g/mol. The highest BCUT2D eigenvalue weighted by Gasteiger charge is 2.48. The Balaban J connectivity index is 1.67. The summed E-state index contributed by atoms with van der Waals surface area (Å²) < 4.78 is 11.4. The van der Waals surface area contributed by atoms with Crippen LogP contribution in [0.3, 0.4) is 0 Å². The summed E-state index contributed by atoms with van der Waals surface area (Å²) in [6.45, 7) is 1.09. The minimum Gasteiger partial charge on any atom is -0.507 e. The molecule has 2 aromatic carbocycles. The maximum atomic E-state index is 13.3. The van der Waals surface area contributed by atoms with Crippen LogP contribution in [0.4, 0.5) is 0 Å². The summed E-state index contributed by atoms with van der Waals surface area (Å²) in [5.74, 6) is -2.74. The van der Waals surface area contributed by atoms with Crippen LogP contribution in [0.15, 0.2) is 24.3 Å². The zero-order chi connectivity index (χ0) is 25.2. The third-order valence-electron chi connectivity index (χ3n) is 7.17. The number of nitrogens with two attached hydrogens (primary N) is 1. The summed E-state index contributed by atoms with van der Waals surface area (Å²) in [6, 6.07) is 6.10. The normalized spacial score (nSPS) is 29.8. The van der Waals surface area contributed by atoms with Crippen LogP contribution in [0.25, 0.3) is 0 Å². The van der Waals surface area contributed by atoms with E-state index in [1.165, 1.54) is 19.1 Å². The van der Waals surface area contributed by atoms with Crippen LogP contribution in [-0.4, -0.2) is 68.4 Å². The lowest BCUT2D eigenvalue weighted by atomic mass is 9.71. The Morgan fingerprint density at radius 2 is 1.66 bits per heavy atom. The van der Waals surface area contributed by atoms with Crippen molar-refractivity contribution in [2.75, 3.05) is 6.61 Å². The number of phenolic OH excluding ortho intramolecular Hbond substituents is 2. The summed E-state index contributed by atoms with van der Waals surface area (Å²) in [5, 5.41) is 42.3. The molecule has 1 saturated heterocycles. The number of aliphatic hydroxyl groups excluding tert-OH is 2. The zero-order valence-corrected chi connectivity index (χ0v) is 18.9. The molecule has 0 bridgehead atoms. The summed E-state index contributed by atoms with van der Waals surface area (Å²) in [5.41, 5.74) is 4.47. The summed E-state index contributed by atoms with van der Waals surface area (Å²) >= 11 is 0. The van der Waals surface area contributed by atoms with Gasteiger partial charge in [-0.2, -0.15) is 0 Å². The first kappa shape index (κ1) is 23.6.